The van der Waals surface area contributed by atoms with Crippen LogP contribution in [0.15, 0.2) is 66.9 Å². The summed E-state index contributed by atoms with van der Waals surface area (Å²) >= 11 is 0. The number of carbonyl (C=O) groups is 1. The van der Waals surface area contributed by atoms with Crippen LogP contribution in [0.2, 0.25) is 0 Å². The van der Waals surface area contributed by atoms with Gasteiger partial charge in [0.25, 0.3) is 0 Å². The van der Waals surface area contributed by atoms with E-state index in [1.807, 2.05) is 36.4 Å². The number of pyridine rings is 1. The summed E-state index contributed by atoms with van der Waals surface area (Å²) in [5.74, 6) is 1.51. The molecule has 0 saturated carbocycles. The molecule has 1 saturated heterocycles. The Morgan fingerprint density at radius 1 is 0.912 bits per heavy atom. The highest BCUT2D eigenvalue weighted by molar-refractivity contribution is 5.94. The molecule has 0 aliphatic carbocycles. The molecule has 3 heterocycles. The highest BCUT2D eigenvalue weighted by Crippen LogP contribution is 2.28. The smallest absolute Gasteiger partial charge is 0.337 e. The Bertz CT molecular complexity index is 1300. The van der Waals surface area contributed by atoms with Crippen LogP contribution in [0, 0.1) is 0 Å². The van der Waals surface area contributed by atoms with Crippen molar-refractivity contribution in [2.24, 2.45) is 0 Å². The zero-order valence-electron chi connectivity index (χ0n) is 19.0. The normalized spacial score (nSPS) is 13.8. The summed E-state index contributed by atoms with van der Waals surface area (Å²) in [5.41, 5.74) is 8.94. The number of rotatable bonds is 5. The zero-order valence-corrected chi connectivity index (χ0v) is 19.0. The molecule has 1 fully saturated rings. The van der Waals surface area contributed by atoms with Crippen LogP contribution in [0.1, 0.15) is 21.6 Å². The lowest BCUT2D eigenvalue weighted by Gasteiger charge is -2.36. The average Bonchev–Trinajstić information content (AvgIpc) is 2.89. The molecular weight excluding hydrogens is 428 g/mol. The summed E-state index contributed by atoms with van der Waals surface area (Å²) < 4.78 is 4.78. The van der Waals surface area contributed by atoms with Gasteiger partial charge in [-0.05, 0) is 29.8 Å². The zero-order chi connectivity index (χ0) is 23.5. The molecule has 0 unspecified atom stereocenters. The van der Waals surface area contributed by atoms with Crippen molar-refractivity contribution in [2.75, 3.05) is 48.8 Å². The predicted molar refractivity (Wildman–Crippen MR) is 133 cm³/mol. The molecule has 8 nitrogen and oxygen atoms in total. The quantitative estimate of drug-likeness (QED) is 0.459. The first-order chi connectivity index (χ1) is 16.6. The van der Waals surface area contributed by atoms with E-state index in [2.05, 4.69) is 37.1 Å². The molecule has 0 bridgehead atoms. The second-order valence-electron chi connectivity index (χ2n) is 8.30. The Hall–Kier alpha value is -4.20. The number of esters is 1. The van der Waals surface area contributed by atoms with Gasteiger partial charge in [-0.2, -0.15) is 5.10 Å². The number of hydrogen-bond donors (Lipinski definition) is 1. The summed E-state index contributed by atoms with van der Waals surface area (Å²) in [5, 5.41) is 11.4. The van der Waals surface area contributed by atoms with Crippen molar-refractivity contribution in [3.05, 3.63) is 83.7 Å². The van der Waals surface area contributed by atoms with Crippen molar-refractivity contribution in [1.82, 2.24) is 15.2 Å². The molecule has 5 rings (SSSR count). The van der Waals surface area contributed by atoms with Crippen LogP contribution in [-0.4, -0.2) is 54.4 Å². The third-order valence-corrected chi connectivity index (χ3v) is 6.16. The number of hydrogen-bond acceptors (Lipinski definition) is 8. The molecule has 1 aliphatic heterocycles. The Kier molecular flexibility index (Phi) is 5.95. The first-order valence-electron chi connectivity index (χ1n) is 11.3. The van der Waals surface area contributed by atoms with Gasteiger partial charge in [0.2, 0.25) is 0 Å². The first-order valence-corrected chi connectivity index (χ1v) is 11.3. The van der Waals surface area contributed by atoms with Gasteiger partial charge in [0.1, 0.15) is 5.82 Å². The monoisotopic (exact) mass is 454 g/mol. The fraction of sp³-hybridized carbons (Fsp3) is 0.231. The van der Waals surface area contributed by atoms with Gasteiger partial charge in [-0.15, -0.1) is 5.10 Å². The number of nitrogen functional groups attached to an aromatic ring is 1. The van der Waals surface area contributed by atoms with Crippen molar-refractivity contribution in [3.63, 3.8) is 0 Å². The van der Waals surface area contributed by atoms with Crippen LogP contribution in [-0.2, 0) is 11.2 Å². The minimum Gasteiger partial charge on any atom is -0.465 e. The molecule has 172 valence electrons. The van der Waals surface area contributed by atoms with E-state index in [0.717, 1.165) is 59.8 Å². The van der Waals surface area contributed by atoms with E-state index >= 15 is 0 Å². The number of carbonyl (C=O) groups excluding carboxylic acids is 1. The van der Waals surface area contributed by atoms with E-state index in [1.54, 1.807) is 18.3 Å². The highest BCUT2D eigenvalue weighted by atomic mass is 16.5. The number of benzene rings is 2. The first kappa shape index (κ1) is 21.6. The summed E-state index contributed by atoms with van der Waals surface area (Å²) in [6, 6.07) is 19.5. The number of anilines is 3. The lowest BCUT2D eigenvalue weighted by atomic mass is 10.0. The molecular formula is C26H26N6O2. The molecule has 2 aromatic carbocycles. The molecule has 0 amide bonds. The number of nitrogens with zero attached hydrogens (tertiary/aromatic N) is 5. The second kappa shape index (κ2) is 9.35. The maximum absolute atomic E-state index is 11.7. The van der Waals surface area contributed by atoms with E-state index in [9.17, 15) is 4.79 Å². The third kappa shape index (κ3) is 4.34. The van der Waals surface area contributed by atoms with Crippen LogP contribution in [0.25, 0.3) is 10.8 Å². The number of methoxy groups -OCH3 is 1. The van der Waals surface area contributed by atoms with Crippen LogP contribution < -0.4 is 15.5 Å². The van der Waals surface area contributed by atoms with Gasteiger partial charge in [0, 0.05) is 43.4 Å². The largest absolute Gasteiger partial charge is 0.465 e. The van der Waals surface area contributed by atoms with Gasteiger partial charge >= 0.3 is 5.97 Å². The van der Waals surface area contributed by atoms with Gasteiger partial charge in [-0.1, -0.05) is 36.4 Å². The van der Waals surface area contributed by atoms with E-state index in [0.29, 0.717) is 17.7 Å². The Morgan fingerprint density at radius 2 is 1.62 bits per heavy atom. The van der Waals surface area contributed by atoms with Gasteiger partial charge in [-0.3, -0.25) is 0 Å². The van der Waals surface area contributed by atoms with Crippen LogP contribution in [0.4, 0.5) is 17.3 Å². The molecule has 4 aromatic rings. The van der Waals surface area contributed by atoms with Crippen molar-refractivity contribution < 1.29 is 9.53 Å². The molecule has 0 radical (unpaired) electrons. The summed E-state index contributed by atoms with van der Waals surface area (Å²) in [7, 11) is 1.38. The molecule has 34 heavy (non-hydrogen) atoms. The van der Waals surface area contributed by atoms with Crippen LogP contribution in [0.3, 0.4) is 0 Å². The Balaban J connectivity index is 1.35. The van der Waals surface area contributed by atoms with Gasteiger partial charge < -0.3 is 20.3 Å². The molecule has 0 atom stereocenters. The average molecular weight is 455 g/mol. The topological polar surface area (TPSA) is 97.5 Å². The molecule has 2 aromatic heterocycles. The van der Waals surface area contributed by atoms with Gasteiger partial charge in [0.15, 0.2) is 5.82 Å². The van der Waals surface area contributed by atoms with E-state index < -0.39 is 0 Å². The number of fused-ring (bicyclic) bond motifs is 1. The summed E-state index contributed by atoms with van der Waals surface area (Å²) in [6.45, 7) is 3.36. The van der Waals surface area contributed by atoms with E-state index in [-0.39, 0.29) is 5.97 Å². The minimum absolute atomic E-state index is 0.339. The van der Waals surface area contributed by atoms with Gasteiger partial charge in [0.05, 0.1) is 30.3 Å². The van der Waals surface area contributed by atoms with E-state index in [1.165, 1.54) is 7.11 Å². The minimum atomic E-state index is -0.339. The number of piperazine rings is 1. The van der Waals surface area contributed by atoms with Crippen molar-refractivity contribution >= 4 is 34.1 Å². The fourth-order valence-electron chi connectivity index (χ4n) is 4.31. The van der Waals surface area contributed by atoms with Crippen molar-refractivity contribution in [1.29, 1.82) is 0 Å². The lowest BCUT2D eigenvalue weighted by Crippen LogP contribution is -2.47. The van der Waals surface area contributed by atoms with E-state index in [4.69, 9.17) is 10.5 Å². The van der Waals surface area contributed by atoms with Gasteiger partial charge in [-0.25, -0.2) is 9.78 Å². The summed E-state index contributed by atoms with van der Waals surface area (Å²) in [6.07, 6.45) is 2.33. The fourth-order valence-corrected chi connectivity index (χ4v) is 4.31. The van der Waals surface area contributed by atoms with Crippen molar-refractivity contribution in [2.45, 2.75) is 6.42 Å². The lowest BCUT2D eigenvalue weighted by molar-refractivity contribution is 0.0600. The molecule has 0 spiro atoms. The Morgan fingerprint density at radius 3 is 2.29 bits per heavy atom. The maximum Gasteiger partial charge on any atom is 0.337 e. The van der Waals surface area contributed by atoms with Crippen molar-refractivity contribution in [3.8, 4) is 0 Å². The molecule has 1 aliphatic rings. The maximum atomic E-state index is 11.7. The Labute approximate surface area is 198 Å². The SMILES string of the molecule is COC(=O)c1ccc(Cc2nnc(N3CCN(c4ccc(N)cn4)CC3)c3ccccc23)cc1. The third-order valence-electron chi connectivity index (χ3n) is 6.16. The molecule has 2 N–H and O–H groups in total. The highest BCUT2D eigenvalue weighted by Gasteiger charge is 2.22. The van der Waals surface area contributed by atoms with Crippen LogP contribution >= 0.6 is 0 Å². The number of nitrogens with two attached hydrogens (primary N) is 1. The molecule has 8 heteroatoms. The predicted octanol–water partition coefficient (Wildman–Crippen LogP) is 3.31. The number of ether oxygens (including phenoxy) is 1. The second-order valence-corrected chi connectivity index (χ2v) is 8.30. The standard InChI is InChI=1S/C26H26N6O2/c1-34-26(33)19-8-6-18(7-9-19)16-23-21-4-2-3-5-22(21)25(30-29-23)32-14-12-31(13-15-32)24-11-10-20(27)17-28-24/h2-11,17H,12-16,27H2,1H3. The number of aromatic nitrogens is 3. The van der Waals surface area contributed by atoms with Crippen LogP contribution in [0.5, 0.6) is 0 Å². The summed E-state index contributed by atoms with van der Waals surface area (Å²) in [4.78, 5) is 20.7.